The molecule has 7 nitrogen and oxygen atoms in total. The van der Waals surface area contributed by atoms with E-state index in [-0.39, 0.29) is 16.3 Å². The van der Waals surface area contributed by atoms with Crippen LogP contribution in [-0.2, 0) is 11.2 Å². The second kappa shape index (κ2) is 11.0. The molecule has 32 heavy (non-hydrogen) atoms. The molecule has 1 aromatic carbocycles. The summed E-state index contributed by atoms with van der Waals surface area (Å²) in [6.45, 7) is 8.87. The standard InChI is InChI=1S/C24H36N6OS/c1-16(2)9-10-19(13-18-14-27-21-8-6-5-7-20(18)21)28-23(31)22(25)32-24(26)30-12-11-29(4)17(3)15-30/h5-8,14,16-17,19,25-27H,9-13,15H2,1-4H3,(H,28,31). The van der Waals surface area contributed by atoms with Crippen molar-refractivity contribution >= 4 is 38.8 Å². The Morgan fingerprint density at radius 1 is 1.25 bits per heavy atom. The summed E-state index contributed by atoms with van der Waals surface area (Å²) in [5, 5.41) is 21.1. The van der Waals surface area contributed by atoms with Gasteiger partial charge in [-0.1, -0.05) is 32.0 Å². The van der Waals surface area contributed by atoms with Crippen LogP contribution < -0.4 is 5.32 Å². The summed E-state index contributed by atoms with van der Waals surface area (Å²) in [4.78, 5) is 20.4. The molecule has 1 fully saturated rings. The monoisotopic (exact) mass is 456 g/mol. The lowest BCUT2D eigenvalue weighted by molar-refractivity contribution is -0.115. The van der Waals surface area contributed by atoms with Crippen LogP contribution in [0.2, 0.25) is 0 Å². The summed E-state index contributed by atoms with van der Waals surface area (Å²) in [6, 6.07) is 8.48. The Morgan fingerprint density at radius 3 is 2.72 bits per heavy atom. The Morgan fingerprint density at radius 2 is 2.00 bits per heavy atom. The van der Waals surface area contributed by atoms with Crippen molar-refractivity contribution in [1.29, 1.82) is 10.8 Å². The zero-order valence-electron chi connectivity index (χ0n) is 19.6. The lowest BCUT2D eigenvalue weighted by Crippen LogP contribution is -2.51. The lowest BCUT2D eigenvalue weighted by Gasteiger charge is -2.38. The van der Waals surface area contributed by atoms with E-state index in [4.69, 9.17) is 10.8 Å². The molecule has 1 aliphatic rings. The van der Waals surface area contributed by atoms with Gasteiger partial charge in [0.1, 0.15) is 0 Å². The van der Waals surface area contributed by atoms with Crippen LogP contribution in [-0.4, -0.2) is 69.7 Å². The lowest BCUT2D eigenvalue weighted by atomic mass is 9.97. The van der Waals surface area contributed by atoms with Crippen LogP contribution in [0.5, 0.6) is 0 Å². The average molecular weight is 457 g/mol. The molecule has 174 valence electrons. The molecule has 0 spiro atoms. The van der Waals surface area contributed by atoms with Gasteiger partial charge >= 0.3 is 0 Å². The van der Waals surface area contributed by atoms with E-state index in [2.05, 4.69) is 55.2 Å². The molecular formula is C24H36N6OS. The van der Waals surface area contributed by atoms with Gasteiger partial charge in [-0.05, 0) is 62.5 Å². The quantitative estimate of drug-likeness (QED) is 0.391. The van der Waals surface area contributed by atoms with E-state index in [1.165, 1.54) is 10.9 Å². The number of nitrogens with one attached hydrogen (secondary N) is 4. The average Bonchev–Trinajstić information content (AvgIpc) is 3.16. The predicted molar refractivity (Wildman–Crippen MR) is 135 cm³/mol. The Kier molecular flexibility index (Phi) is 8.37. The van der Waals surface area contributed by atoms with Crippen LogP contribution in [0.4, 0.5) is 0 Å². The largest absolute Gasteiger partial charge is 0.361 e. The Labute approximate surface area is 195 Å². The van der Waals surface area contributed by atoms with Gasteiger partial charge in [0.05, 0.1) is 0 Å². The number of hydrogen-bond donors (Lipinski definition) is 4. The van der Waals surface area contributed by atoms with Gasteiger partial charge in [-0.25, -0.2) is 0 Å². The Hall–Kier alpha value is -2.32. The third kappa shape index (κ3) is 6.36. The molecule has 0 bridgehead atoms. The number of H-pyrrole nitrogens is 1. The SMILES string of the molecule is CC(C)CCC(Cc1c[nH]c2ccccc12)NC(=O)C(=N)SC(=N)N1CCN(C)C(C)C1. The number of carbonyl (C=O) groups is 1. The van der Waals surface area contributed by atoms with Crippen molar-refractivity contribution in [2.24, 2.45) is 5.92 Å². The van der Waals surface area contributed by atoms with Crippen LogP contribution in [0.15, 0.2) is 30.5 Å². The number of carbonyl (C=O) groups excluding carboxylic acids is 1. The number of hydrogen-bond acceptors (Lipinski definition) is 5. The number of aromatic amines is 1. The number of amidine groups is 1. The molecule has 0 radical (unpaired) electrons. The van der Waals surface area contributed by atoms with Gasteiger partial charge in [0, 0.05) is 48.8 Å². The topological polar surface area (TPSA) is 99.1 Å². The summed E-state index contributed by atoms with van der Waals surface area (Å²) < 4.78 is 0. The molecule has 8 heteroatoms. The summed E-state index contributed by atoms with van der Waals surface area (Å²) in [7, 11) is 2.08. The van der Waals surface area contributed by atoms with Crippen molar-refractivity contribution in [2.75, 3.05) is 26.7 Å². The number of amides is 1. The normalized spacial score (nSPS) is 18.2. The van der Waals surface area contributed by atoms with Crippen molar-refractivity contribution in [3.8, 4) is 0 Å². The minimum absolute atomic E-state index is 0.0529. The van der Waals surface area contributed by atoms with Crippen LogP contribution in [0.3, 0.4) is 0 Å². The van der Waals surface area contributed by atoms with E-state index in [1.807, 2.05) is 23.2 Å². The van der Waals surface area contributed by atoms with Crippen LogP contribution >= 0.6 is 11.8 Å². The number of fused-ring (bicyclic) bond motifs is 1. The number of para-hydroxylation sites is 1. The highest BCUT2D eigenvalue weighted by Gasteiger charge is 2.25. The highest BCUT2D eigenvalue weighted by Crippen LogP contribution is 2.21. The van der Waals surface area contributed by atoms with E-state index >= 15 is 0 Å². The first-order valence-electron chi connectivity index (χ1n) is 11.4. The predicted octanol–water partition coefficient (Wildman–Crippen LogP) is 3.91. The number of thioether (sulfide) groups is 1. The molecule has 1 aromatic heterocycles. The van der Waals surface area contributed by atoms with Gasteiger partial charge in [0.25, 0.3) is 5.91 Å². The zero-order chi connectivity index (χ0) is 23.3. The first kappa shape index (κ1) is 24.3. The molecule has 2 aromatic rings. The molecule has 0 saturated carbocycles. The molecule has 1 saturated heterocycles. The molecule has 2 heterocycles. The summed E-state index contributed by atoms with van der Waals surface area (Å²) in [6.07, 6.45) is 4.59. The van der Waals surface area contributed by atoms with E-state index in [0.717, 1.165) is 49.8 Å². The second-order valence-electron chi connectivity index (χ2n) is 9.22. The van der Waals surface area contributed by atoms with Gasteiger partial charge in [-0.15, -0.1) is 0 Å². The molecule has 3 rings (SSSR count). The number of rotatable bonds is 6. The number of likely N-dealkylation sites (N-methyl/N-ethyl adjacent to an activating group) is 1. The number of aromatic nitrogens is 1. The third-order valence-corrected chi connectivity index (χ3v) is 7.06. The summed E-state index contributed by atoms with van der Waals surface area (Å²) in [5.41, 5.74) is 2.27. The zero-order valence-corrected chi connectivity index (χ0v) is 20.4. The van der Waals surface area contributed by atoms with Gasteiger partial charge < -0.3 is 20.1 Å². The maximum atomic E-state index is 12.8. The van der Waals surface area contributed by atoms with Gasteiger partial charge in [-0.2, -0.15) is 0 Å². The van der Waals surface area contributed by atoms with Crippen molar-refractivity contribution in [3.05, 3.63) is 36.0 Å². The summed E-state index contributed by atoms with van der Waals surface area (Å²) >= 11 is 0.950. The smallest absolute Gasteiger partial charge is 0.276 e. The van der Waals surface area contributed by atoms with Crippen molar-refractivity contribution in [3.63, 3.8) is 0 Å². The molecule has 2 atom stereocenters. The van der Waals surface area contributed by atoms with Gasteiger partial charge in [0.2, 0.25) is 0 Å². The minimum Gasteiger partial charge on any atom is -0.361 e. The first-order chi connectivity index (χ1) is 15.2. The van der Waals surface area contributed by atoms with Crippen LogP contribution in [0.1, 0.15) is 39.2 Å². The van der Waals surface area contributed by atoms with Crippen LogP contribution in [0, 0.1) is 16.7 Å². The first-order valence-corrected chi connectivity index (χ1v) is 12.2. The molecule has 4 N–H and O–H groups in total. The van der Waals surface area contributed by atoms with E-state index in [0.29, 0.717) is 18.4 Å². The van der Waals surface area contributed by atoms with E-state index in [1.54, 1.807) is 0 Å². The van der Waals surface area contributed by atoms with Crippen molar-refractivity contribution < 1.29 is 4.79 Å². The number of nitrogens with zero attached hydrogens (tertiary/aromatic N) is 2. The van der Waals surface area contributed by atoms with Crippen molar-refractivity contribution in [1.82, 2.24) is 20.1 Å². The van der Waals surface area contributed by atoms with E-state index in [9.17, 15) is 4.79 Å². The third-order valence-electron chi connectivity index (χ3n) is 6.22. The number of piperazine rings is 1. The highest BCUT2D eigenvalue weighted by molar-refractivity contribution is 8.27. The molecular weight excluding hydrogens is 420 g/mol. The van der Waals surface area contributed by atoms with Crippen LogP contribution in [0.25, 0.3) is 10.9 Å². The van der Waals surface area contributed by atoms with E-state index < -0.39 is 5.91 Å². The molecule has 0 aliphatic carbocycles. The van der Waals surface area contributed by atoms with Gasteiger partial charge in [0.15, 0.2) is 10.2 Å². The molecule has 2 unspecified atom stereocenters. The highest BCUT2D eigenvalue weighted by atomic mass is 32.2. The fraction of sp³-hybridized carbons (Fsp3) is 0.542. The minimum atomic E-state index is -0.393. The maximum absolute atomic E-state index is 12.8. The van der Waals surface area contributed by atoms with Gasteiger partial charge in [-0.3, -0.25) is 15.6 Å². The van der Waals surface area contributed by atoms with Crippen molar-refractivity contribution in [2.45, 2.75) is 52.1 Å². The molecule has 1 aliphatic heterocycles. The Balaban J connectivity index is 1.61. The number of benzene rings is 1. The fourth-order valence-corrected chi connectivity index (χ4v) is 4.66. The fourth-order valence-electron chi connectivity index (χ4n) is 4.02. The molecule has 1 amide bonds. The summed E-state index contributed by atoms with van der Waals surface area (Å²) in [5.74, 6) is 0.147. The second-order valence-corrected chi connectivity index (χ2v) is 10.2. The Bertz CT molecular complexity index is 955. The maximum Gasteiger partial charge on any atom is 0.276 e.